The van der Waals surface area contributed by atoms with E-state index in [4.69, 9.17) is 30.1 Å². The summed E-state index contributed by atoms with van der Waals surface area (Å²) in [5.74, 6) is 1.83. The van der Waals surface area contributed by atoms with Gasteiger partial charge in [0, 0.05) is 49.7 Å². The molecule has 6 rings (SSSR count). The number of benzene rings is 2. The molecule has 4 saturated heterocycles. The van der Waals surface area contributed by atoms with Crippen LogP contribution in [0.4, 0.5) is 11.4 Å². The molecule has 8 nitrogen and oxygen atoms in total. The summed E-state index contributed by atoms with van der Waals surface area (Å²) < 4.78 is 20.5. The number of hydrogen-bond donors (Lipinski definition) is 1. The van der Waals surface area contributed by atoms with Crippen molar-refractivity contribution >= 4 is 51.8 Å². The van der Waals surface area contributed by atoms with Gasteiger partial charge in [-0.15, -0.1) is 5.69 Å². The van der Waals surface area contributed by atoms with E-state index in [1.165, 1.54) is 0 Å². The van der Waals surface area contributed by atoms with Crippen LogP contribution in [-0.4, -0.2) is 52.2 Å². The minimum atomic E-state index is 0. The van der Waals surface area contributed by atoms with Gasteiger partial charge < -0.3 is 30.1 Å². The zero-order chi connectivity index (χ0) is 20.5. The summed E-state index contributed by atoms with van der Waals surface area (Å²) in [5.41, 5.74) is 16.5. The second kappa shape index (κ2) is 10.0. The van der Waals surface area contributed by atoms with Crippen molar-refractivity contribution in [3.05, 3.63) is 65.4 Å². The third-order valence-electron chi connectivity index (χ3n) is 4.76. The summed E-state index contributed by atoms with van der Waals surface area (Å²) in [6.07, 6.45) is 0. The third kappa shape index (κ3) is 6.79. The van der Waals surface area contributed by atoms with Gasteiger partial charge in [0.1, 0.15) is 0 Å². The van der Waals surface area contributed by atoms with Crippen LogP contribution in [-0.2, 0) is 31.7 Å². The van der Waals surface area contributed by atoms with E-state index in [1.54, 1.807) is 27.1 Å². The summed E-state index contributed by atoms with van der Waals surface area (Å²) in [7, 11) is 3.51. The second-order valence-corrected chi connectivity index (χ2v) is 7.30. The number of rotatable bonds is 6. The van der Waals surface area contributed by atoms with Crippen molar-refractivity contribution in [2.24, 2.45) is 9.98 Å². The topological polar surface area (TPSA) is 125 Å². The molecule has 0 aromatic heterocycles. The second-order valence-electron chi connectivity index (χ2n) is 7.30. The van der Waals surface area contributed by atoms with Gasteiger partial charge in [0.2, 0.25) is 0 Å². The molecule has 2 aromatic rings. The van der Waals surface area contributed by atoms with Gasteiger partial charge in [-0.1, -0.05) is 36.4 Å². The summed E-state index contributed by atoms with van der Waals surface area (Å²) in [6.45, 7) is 1.32. The normalized spacial score (nSPS) is 23.9. The molecule has 0 spiro atoms. The van der Waals surface area contributed by atoms with E-state index < -0.39 is 0 Å². The molecule has 2 unspecified atom stereocenters. The van der Waals surface area contributed by atoms with Crippen molar-refractivity contribution < 1.29 is 62.7 Å². The first kappa shape index (κ1) is 22.8. The number of aliphatic imine (C=N–C) groups is 2. The van der Waals surface area contributed by atoms with E-state index >= 15 is 0 Å². The van der Waals surface area contributed by atoms with Crippen molar-refractivity contribution in [1.29, 1.82) is 0 Å². The molecule has 4 fully saturated rings. The number of nitrogens with one attached hydrogen (secondary N) is 1. The van der Waals surface area contributed by atoms with E-state index in [-0.39, 0.29) is 69.7 Å². The van der Waals surface area contributed by atoms with E-state index in [2.05, 4.69) is 9.98 Å². The smallest absolute Gasteiger partial charge is 0.473 e. The van der Waals surface area contributed by atoms with Crippen LogP contribution in [0.25, 0.3) is 5.73 Å². The van der Waals surface area contributed by atoms with Crippen molar-refractivity contribution in [3.8, 4) is 0 Å². The fraction of sp³-hybridized carbons (Fsp3) is 0.222. The Hall–Kier alpha value is -1.40. The molecule has 4 heterocycles. The van der Waals surface area contributed by atoms with Gasteiger partial charge in [-0.2, -0.15) is 0 Å². The van der Waals surface area contributed by atoms with Crippen LogP contribution < -0.4 is 5.73 Å². The van der Waals surface area contributed by atoms with Crippen molar-refractivity contribution in [2.45, 2.75) is 24.9 Å². The molecule has 0 amide bonds. The molecular formula is C18H17AcB4N4O4-. The predicted octanol–water partition coefficient (Wildman–Crippen LogP) is 1.59. The Balaban J connectivity index is 0.000000144. The molecule has 4 aliphatic heterocycles. The van der Waals surface area contributed by atoms with Crippen molar-refractivity contribution in [3.63, 3.8) is 0 Å². The maximum absolute atomic E-state index is 7.45. The van der Waals surface area contributed by atoms with Gasteiger partial charge in [0.15, 0.2) is 11.6 Å². The zero-order valence-electron chi connectivity index (χ0n) is 16.7. The van der Waals surface area contributed by atoms with Crippen molar-refractivity contribution in [1.82, 2.24) is 0 Å². The monoisotopic (exact) mass is 624 g/mol. The van der Waals surface area contributed by atoms with Gasteiger partial charge >= 0.3 is 28.8 Å². The molecule has 3 N–H and O–H groups in total. The molecule has 0 aliphatic carbocycles. The molecular weight excluding hydrogens is 606 g/mol. The fourth-order valence-corrected chi connectivity index (χ4v) is 2.94. The summed E-state index contributed by atoms with van der Waals surface area (Å²) in [4.78, 5) is 8.63. The molecule has 4 aliphatic rings. The molecule has 0 bridgehead atoms. The molecule has 2 atom stereocenters. The Bertz CT molecular complexity index is 927. The Labute approximate surface area is 218 Å². The van der Waals surface area contributed by atoms with Gasteiger partial charge in [-0.3, -0.25) is 9.98 Å². The number of nitrogens with two attached hydrogens (primary N) is 1. The first-order chi connectivity index (χ1) is 14.7. The van der Waals surface area contributed by atoms with Crippen LogP contribution in [0.15, 0.2) is 58.5 Å². The molecule has 13 heteroatoms. The van der Waals surface area contributed by atoms with Crippen LogP contribution in [0, 0.1) is 44.1 Å². The van der Waals surface area contributed by atoms with E-state index in [0.29, 0.717) is 18.8 Å². The van der Waals surface area contributed by atoms with E-state index in [9.17, 15) is 0 Å². The minimum absolute atomic E-state index is 0. The number of anilines is 1. The maximum atomic E-state index is 7.45. The minimum Gasteiger partial charge on any atom is -0.699 e. The Morgan fingerprint density at radius 2 is 1.39 bits per heavy atom. The first-order valence-electron chi connectivity index (χ1n) is 9.70. The Morgan fingerprint density at radius 1 is 0.871 bits per heavy atom. The molecule has 0 saturated carbocycles. The average Bonchev–Trinajstić information content (AvgIpc) is 3.58. The number of nitrogens with zero attached hydrogens (tertiary/aromatic N) is 2. The maximum Gasteiger partial charge on any atom is 0.473 e. The SMILES string of the molecule is Nc1cccc(CN=C2OB2C2[B]O2)c1.[Ac].[NH-]c1cccc(CN=C2OB2C2[B]O2)c1. The third-order valence-corrected chi connectivity index (χ3v) is 4.76. The summed E-state index contributed by atoms with van der Waals surface area (Å²) in [6, 6.07) is 15.1. The predicted molar refractivity (Wildman–Crippen MR) is 118 cm³/mol. The average molecular weight is 624 g/mol. The quantitative estimate of drug-likeness (QED) is 0.298. The van der Waals surface area contributed by atoms with Crippen LogP contribution in [0.2, 0.25) is 0 Å². The zero-order valence-corrected chi connectivity index (χ0v) is 21.4. The van der Waals surface area contributed by atoms with Gasteiger partial charge in [0.25, 0.3) is 0 Å². The van der Waals surface area contributed by atoms with Crippen LogP contribution in [0.3, 0.4) is 0 Å². The van der Waals surface area contributed by atoms with Gasteiger partial charge in [-0.25, -0.2) is 0 Å². The fourth-order valence-electron chi connectivity index (χ4n) is 2.94. The largest absolute Gasteiger partial charge is 0.699 e. The van der Waals surface area contributed by atoms with Gasteiger partial charge in [-0.05, 0) is 23.3 Å². The molecule has 3 radical (unpaired) electrons. The van der Waals surface area contributed by atoms with Gasteiger partial charge in [0.05, 0.1) is 24.9 Å². The van der Waals surface area contributed by atoms with Crippen LogP contribution >= 0.6 is 0 Å². The van der Waals surface area contributed by atoms with Crippen molar-refractivity contribution in [2.75, 3.05) is 5.73 Å². The molecule has 31 heavy (non-hydrogen) atoms. The number of hydrogen-bond acceptors (Lipinski definition) is 7. The van der Waals surface area contributed by atoms with E-state index in [1.807, 2.05) is 36.4 Å². The Morgan fingerprint density at radius 3 is 1.87 bits per heavy atom. The summed E-state index contributed by atoms with van der Waals surface area (Å²) >= 11 is 0. The standard InChI is InChI=1S/C9H9B2N2O2.C9H8B2N2O2.Ac/c2*12-7-3-1-2-6(4-7)5-13-9-11(15-9)8-10-14-8;/h1-4,8H,5,12H2;1-4,8,12H,5H2;/q;-1;. The van der Waals surface area contributed by atoms with Crippen LogP contribution in [0.1, 0.15) is 11.1 Å². The molecule has 2 aromatic carbocycles. The summed E-state index contributed by atoms with van der Waals surface area (Å²) in [5, 5.41) is 0. The Kier molecular flexibility index (Phi) is 7.37. The van der Waals surface area contributed by atoms with Crippen LogP contribution in [0.5, 0.6) is 0 Å². The first-order valence-corrected chi connectivity index (χ1v) is 9.70. The number of nitrogen functional groups attached to an aromatic ring is 1. The van der Waals surface area contributed by atoms with E-state index in [0.717, 1.165) is 28.4 Å². The molecule has 149 valence electrons.